The van der Waals surface area contributed by atoms with Gasteiger partial charge < -0.3 is 10.5 Å². The van der Waals surface area contributed by atoms with Gasteiger partial charge in [-0.3, -0.25) is 38.5 Å². The van der Waals surface area contributed by atoms with E-state index < -0.39 is 17.2 Å². The van der Waals surface area contributed by atoms with Crippen molar-refractivity contribution in [1.82, 2.24) is 14.5 Å². The Morgan fingerprint density at radius 2 is 2.03 bits per heavy atom. The summed E-state index contributed by atoms with van der Waals surface area (Å²) in [6.07, 6.45) is 0.593. The van der Waals surface area contributed by atoms with Crippen molar-refractivity contribution >= 4 is 40.3 Å². The van der Waals surface area contributed by atoms with Gasteiger partial charge in [-0.15, -0.1) is 0 Å². The van der Waals surface area contributed by atoms with E-state index in [2.05, 4.69) is 4.98 Å². The van der Waals surface area contributed by atoms with Gasteiger partial charge in [0, 0.05) is 25.8 Å². The van der Waals surface area contributed by atoms with Gasteiger partial charge in [0.15, 0.2) is 5.69 Å². The molecule has 11 nitrogen and oxygen atoms in total. The number of hydrogen-bond donors (Lipinski definition) is 2. The van der Waals surface area contributed by atoms with E-state index in [9.17, 15) is 24.0 Å². The normalized spacial score (nSPS) is 13.6. The van der Waals surface area contributed by atoms with Gasteiger partial charge >= 0.3 is 5.69 Å². The monoisotopic (exact) mass is 475 g/mol. The lowest BCUT2D eigenvalue weighted by atomic mass is 10.1. The number of nitrogens with one attached hydrogen (secondary N) is 1. The standard InChI is InChI=1S/C21H25N5O6S/c1-3-7-25-17(22)16(18(28)23-20(25)30)24(8-9-32-2)19(29)14-6-4-5-13(10-14)11-26-15(27)12-33-21(26)31/h4-6,10H,3,7-9,11-12,22H2,1-2H3,(H,23,28,30). The van der Waals surface area contributed by atoms with Gasteiger partial charge in [-0.1, -0.05) is 30.8 Å². The summed E-state index contributed by atoms with van der Waals surface area (Å²) in [6.45, 7) is 2.28. The van der Waals surface area contributed by atoms with Crippen LogP contribution < -0.4 is 21.9 Å². The van der Waals surface area contributed by atoms with Crippen LogP contribution in [0.5, 0.6) is 0 Å². The third kappa shape index (κ3) is 5.17. The van der Waals surface area contributed by atoms with Crippen LogP contribution in [0.2, 0.25) is 0 Å². The smallest absolute Gasteiger partial charge is 0.330 e. The second-order valence-corrected chi connectivity index (χ2v) is 8.26. The van der Waals surface area contributed by atoms with Crippen molar-refractivity contribution in [2.45, 2.75) is 26.4 Å². The number of amides is 3. The van der Waals surface area contributed by atoms with Gasteiger partial charge in [0.2, 0.25) is 5.91 Å². The Labute approximate surface area is 193 Å². The summed E-state index contributed by atoms with van der Waals surface area (Å²) in [5, 5.41) is -0.337. The molecule has 1 aromatic carbocycles. The number of aromatic nitrogens is 2. The summed E-state index contributed by atoms with van der Waals surface area (Å²) < 4.78 is 6.31. The fourth-order valence-corrected chi connectivity index (χ4v) is 4.18. The second kappa shape index (κ2) is 10.5. The van der Waals surface area contributed by atoms with Crippen molar-refractivity contribution in [2.75, 3.05) is 36.6 Å². The first-order chi connectivity index (χ1) is 15.8. The van der Waals surface area contributed by atoms with E-state index in [-0.39, 0.29) is 60.2 Å². The van der Waals surface area contributed by atoms with E-state index in [0.29, 0.717) is 12.0 Å². The van der Waals surface area contributed by atoms with Gasteiger partial charge in [0.05, 0.1) is 18.9 Å². The van der Waals surface area contributed by atoms with E-state index in [0.717, 1.165) is 16.7 Å². The zero-order chi connectivity index (χ0) is 24.1. The molecule has 0 radical (unpaired) electrons. The summed E-state index contributed by atoms with van der Waals surface area (Å²) in [5.41, 5.74) is 5.38. The SMILES string of the molecule is CCCn1c(N)c(N(CCOC)C(=O)c2cccc(CN3C(=O)CSC3=O)c2)c(=O)[nH]c1=O. The molecule has 1 saturated heterocycles. The molecular formula is C21H25N5O6S. The topological polar surface area (TPSA) is 148 Å². The minimum atomic E-state index is -0.782. The van der Waals surface area contributed by atoms with Crippen molar-refractivity contribution in [2.24, 2.45) is 0 Å². The Morgan fingerprint density at radius 3 is 2.67 bits per heavy atom. The molecule has 0 bridgehead atoms. The van der Waals surface area contributed by atoms with Crippen LogP contribution in [-0.2, 0) is 22.6 Å². The molecule has 0 saturated carbocycles. The third-order valence-corrected chi connectivity index (χ3v) is 5.91. The van der Waals surface area contributed by atoms with Crippen molar-refractivity contribution in [3.63, 3.8) is 0 Å². The number of methoxy groups -OCH3 is 1. The maximum atomic E-state index is 13.5. The Hall–Kier alpha value is -3.38. The highest BCUT2D eigenvalue weighted by Gasteiger charge is 2.30. The zero-order valence-corrected chi connectivity index (χ0v) is 19.1. The predicted molar refractivity (Wildman–Crippen MR) is 124 cm³/mol. The number of rotatable bonds is 9. The molecule has 3 amide bonds. The van der Waals surface area contributed by atoms with Crippen LogP contribution in [0.4, 0.5) is 16.3 Å². The Kier molecular flexibility index (Phi) is 7.71. The maximum absolute atomic E-state index is 13.5. The molecule has 2 heterocycles. The van der Waals surface area contributed by atoms with E-state index >= 15 is 0 Å². The first-order valence-electron chi connectivity index (χ1n) is 10.3. The van der Waals surface area contributed by atoms with Crippen LogP contribution in [0.3, 0.4) is 0 Å². The lowest BCUT2D eigenvalue weighted by Crippen LogP contribution is -2.42. The quantitative estimate of drug-likeness (QED) is 0.546. The van der Waals surface area contributed by atoms with Gasteiger partial charge in [0.25, 0.3) is 16.7 Å². The number of carbonyl (C=O) groups is 3. The Bertz CT molecular complexity index is 1170. The molecule has 0 atom stereocenters. The highest BCUT2D eigenvalue weighted by Crippen LogP contribution is 2.23. The second-order valence-electron chi connectivity index (χ2n) is 7.33. The molecule has 2 aromatic rings. The van der Waals surface area contributed by atoms with Crippen LogP contribution in [0, 0.1) is 0 Å². The van der Waals surface area contributed by atoms with Crippen LogP contribution in [-0.4, -0.2) is 57.5 Å². The van der Waals surface area contributed by atoms with Crippen LogP contribution in [0.1, 0.15) is 29.3 Å². The number of carbonyl (C=O) groups excluding carboxylic acids is 3. The lowest BCUT2D eigenvalue weighted by molar-refractivity contribution is -0.125. The molecule has 3 rings (SSSR count). The molecular weight excluding hydrogens is 450 g/mol. The third-order valence-electron chi connectivity index (χ3n) is 5.05. The number of anilines is 2. The van der Waals surface area contributed by atoms with E-state index in [4.69, 9.17) is 10.5 Å². The average molecular weight is 476 g/mol. The molecule has 3 N–H and O–H groups in total. The first kappa shape index (κ1) is 24.3. The molecule has 1 fully saturated rings. The number of imide groups is 1. The van der Waals surface area contributed by atoms with Crippen molar-refractivity contribution < 1.29 is 19.1 Å². The highest BCUT2D eigenvalue weighted by atomic mass is 32.2. The summed E-state index contributed by atoms with van der Waals surface area (Å²) in [7, 11) is 1.46. The molecule has 0 unspecified atom stereocenters. The number of H-pyrrole nitrogens is 1. The molecule has 176 valence electrons. The fourth-order valence-electron chi connectivity index (χ4n) is 3.46. The number of aromatic amines is 1. The largest absolute Gasteiger partial charge is 0.383 e. The summed E-state index contributed by atoms with van der Waals surface area (Å²) in [6, 6.07) is 6.43. The number of benzene rings is 1. The fraction of sp³-hybridized carbons (Fsp3) is 0.381. The molecule has 12 heteroatoms. The highest BCUT2D eigenvalue weighted by molar-refractivity contribution is 8.14. The molecule has 0 aliphatic carbocycles. The predicted octanol–water partition coefficient (Wildman–Crippen LogP) is 1.02. The van der Waals surface area contributed by atoms with Crippen molar-refractivity contribution in [3.8, 4) is 0 Å². The van der Waals surface area contributed by atoms with Crippen LogP contribution >= 0.6 is 11.8 Å². The summed E-state index contributed by atoms with van der Waals surface area (Å²) in [5.74, 6) is -0.851. The molecule has 0 spiro atoms. The average Bonchev–Trinajstić information content (AvgIpc) is 3.10. The first-order valence-corrected chi connectivity index (χ1v) is 11.3. The van der Waals surface area contributed by atoms with Crippen LogP contribution in [0.15, 0.2) is 33.9 Å². The van der Waals surface area contributed by atoms with Crippen molar-refractivity contribution in [3.05, 3.63) is 56.2 Å². The number of thioether (sulfide) groups is 1. The van der Waals surface area contributed by atoms with Gasteiger partial charge in [0.1, 0.15) is 5.82 Å². The minimum Gasteiger partial charge on any atom is -0.383 e. The van der Waals surface area contributed by atoms with E-state index in [1.54, 1.807) is 24.3 Å². The number of ether oxygens (including phenoxy) is 1. The van der Waals surface area contributed by atoms with Gasteiger partial charge in [-0.05, 0) is 24.1 Å². The summed E-state index contributed by atoms with van der Waals surface area (Å²) in [4.78, 5) is 66.6. The number of nitrogen functional groups attached to an aromatic ring is 1. The number of nitrogens with two attached hydrogens (primary N) is 1. The molecule has 33 heavy (non-hydrogen) atoms. The van der Waals surface area contributed by atoms with Crippen LogP contribution in [0.25, 0.3) is 0 Å². The number of nitrogens with zero attached hydrogens (tertiary/aromatic N) is 3. The van der Waals surface area contributed by atoms with E-state index in [1.165, 1.54) is 16.6 Å². The molecule has 1 aliphatic heterocycles. The maximum Gasteiger partial charge on any atom is 0.330 e. The van der Waals surface area contributed by atoms with E-state index in [1.807, 2.05) is 6.92 Å². The Balaban J connectivity index is 2.00. The number of hydrogen-bond acceptors (Lipinski definition) is 8. The molecule has 1 aliphatic rings. The zero-order valence-electron chi connectivity index (χ0n) is 18.3. The minimum absolute atomic E-state index is 0.0108. The van der Waals surface area contributed by atoms with Gasteiger partial charge in [-0.25, -0.2) is 4.79 Å². The van der Waals surface area contributed by atoms with Crippen molar-refractivity contribution in [1.29, 1.82) is 0 Å². The lowest BCUT2D eigenvalue weighted by Gasteiger charge is -2.24. The Morgan fingerprint density at radius 1 is 1.27 bits per heavy atom. The summed E-state index contributed by atoms with van der Waals surface area (Å²) >= 11 is 0.933. The molecule has 1 aromatic heterocycles. The van der Waals surface area contributed by atoms with Gasteiger partial charge in [-0.2, -0.15) is 0 Å².